The third-order valence-corrected chi connectivity index (χ3v) is 2.86. The number of alkyl halides is 1. The number of hydrogen-bond acceptors (Lipinski definition) is 1. The number of hydrogen-bond donors (Lipinski definition) is 1. The predicted molar refractivity (Wildman–Crippen MR) is 45.3 cm³/mol. The first-order valence-electron chi connectivity index (χ1n) is 4.06. The Morgan fingerprint density at radius 3 is 2.70 bits per heavy atom. The summed E-state index contributed by atoms with van der Waals surface area (Å²) < 4.78 is 13.0. The first kappa shape index (κ1) is 8.38. The Kier molecular flexibility index (Phi) is 3.02. The molecule has 0 spiro atoms. The Labute approximate surface area is 67.6 Å². The molecule has 0 aromatic carbocycles. The molecule has 1 saturated carbocycles. The fourth-order valence-corrected chi connectivity index (χ4v) is 2.04. The molecule has 0 saturated heterocycles. The summed E-state index contributed by atoms with van der Waals surface area (Å²) in [6.07, 6.45) is 3.08. The number of thiol groups is 1. The molecule has 10 heavy (non-hydrogen) atoms. The summed E-state index contributed by atoms with van der Waals surface area (Å²) >= 11 is 4.35. The van der Waals surface area contributed by atoms with Gasteiger partial charge in [0.1, 0.15) is 6.17 Å². The molecule has 0 aromatic rings. The minimum absolute atomic E-state index is 0.288. The van der Waals surface area contributed by atoms with Crippen molar-refractivity contribution in [1.82, 2.24) is 0 Å². The molecule has 0 N–H and O–H groups in total. The average Bonchev–Trinajstić information content (AvgIpc) is 1.94. The van der Waals surface area contributed by atoms with Crippen molar-refractivity contribution in [1.29, 1.82) is 0 Å². The summed E-state index contributed by atoms with van der Waals surface area (Å²) in [4.78, 5) is 0. The second kappa shape index (κ2) is 3.61. The lowest BCUT2D eigenvalue weighted by Gasteiger charge is -2.28. The maximum Gasteiger partial charge on any atom is 0.103 e. The largest absolute Gasteiger partial charge is 0.247 e. The van der Waals surface area contributed by atoms with E-state index in [-0.39, 0.29) is 5.92 Å². The number of halogens is 1. The molecular formula is C8H15FS. The standard InChI is InChI=1S/C8H15FS/c1-2-6-5-7(10)3-4-8(6)9/h6-8,10H,2-5H2,1H3. The van der Waals surface area contributed by atoms with Gasteiger partial charge in [0.05, 0.1) is 0 Å². The highest BCUT2D eigenvalue weighted by Gasteiger charge is 2.27. The average molecular weight is 162 g/mol. The van der Waals surface area contributed by atoms with Gasteiger partial charge in [0.15, 0.2) is 0 Å². The van der Waals surface area contributed by atoms with Gasteiger partial charge in [-0.1, -0.05) is 13.3 Å². The zero-order valence-electron chi connectivity index (χ0n) is 6.39. The van der Waals surface area contributed by atoms with Gasteiger partial charge in [-0.2, -0.15) is 12.6 Å². The van der Waals surface area contributed by atoms with E-state index in [0.717, 1.165) is 25.7 Å². The molecule has 3 atom stereocenters. The molecule has 0 amide bonds. The molecule has 0 nitrogen and oxygen atoms in total. The topological polar surface area (TPSA) is 0 Å². The van der Waals surface area contributed by atoms with Crippen LogP contribution >= 0.6 is 12.6 Å². The van der Waals surface area contributed by atoms with Crippen LogP contribution < -0.4 is 0 Å². The summed E-state index contributed by atoms with van der Waals surface area (Å²) in [5.41, 5.74) is 0. The summed E-state index contributed by atoms with van der Waals surface area (Å²) in [5, 5.41) is 0.456. The van der Waals surface area contributed by atoms with Crippen molar-refractivity contribution in [2.75, 3.05) is 0 Å². The lowest BCUT2D eigenvalue weighted by Crippen LogP contribution is -2.25. The number of rotatable bonds is 1. The Hall–Kier alpha value is 0.280. The van der Waals surface area contributed by atoms with Gasteiger partial charge in [-0.15, -0.1) is 0 Å². The van der Waals surface area contributed by atoms with Gasteiger partial charge >= 0.3 is 0 Å². The molecule has 0 bridgehead atoms. The van der Waals surface area contributed by atoms with Crippen LogP contribution in [-0.4, -0.2) is 11.4 Å². The highest BCUT2D eigenvalue weighted by molar-refractivity contribution is 7.80. The fraction of sp³-hybridized carbons (Fsp3) is 1.00. The van der Waals surface area contributed by atoms with Crippen LogP contribution in [0.4, 0.5) is 4.39 Å². The molecule has 0 heterocycles. The summed E-state index contributed by atoms with van der Waals surface area (Å²) in [7, 11) is 0. The summed E-state index contributed by atoms with van der Waals surface area (Å²) in [5.74, 6) is 0.288. The fourth-order valence-electron chi connectivity index (χ4n) is 1.62. The molecule has 0 aromatic heterocycles. The zero-order valence-corrected chi connectivity index (χ0v) is 7.28. The van der Waals surface area contributed by atoms with Crippen molar-refractivity contribution >= 4 is 12.6 Å². The van der Waals surface area contributed by atoms with E-state index in [0.29, 0.717) is 5.25 Å². The van der Waals surface area contributed by atoms with Crippen LogP contribution in [0.1, 0.15) is 32.6 Å². The molecule has 1 rings (SSSR count). The van der Waals surface area contributed by atoms with Gasteiger partial charge in [-0.05, 0) is 25.2 Å². The van der Waals surface area contributed by atoms with Gasteiger partial charge in [0.25, 0.3) is 0 Å². The summed E-state index contributed by atoms with van der Waals surface area (Å²) in [6.45, 7) is 2.06. The van der Waals surface area contributed by atoms with Crippen LogP contribution in [0, 0.1) is 5.92 Å². The lowest BCUT2D eigenvalue weighted by molar-refractivity contribution is 0.166. The molecule has 1 fully saturated rings. The van der Waals surface area contributed by atoms with Gasteiger partial charge < -0.3 is 0 Å². The molecule has 2 heteroatoms. The molecule has 0 radical (unpaired) electrons. The second-order valence-electron chi connectivity index (χ2n) is 3.15. The van der Waals surface area contributed by atoms with E-state index < -0.39 is 6.17 Å². The highest BCUT2D eigenvalue weighted by atomic mass is 32.1. The second-order valence-corrected chi connectivity index (χ2v) is 3.88. The van der Waals surface area contributed by atoms with Crippen LogP contribution in [0.25, 0.3) is 0 Å². The minimum atomic E-state index is -0.548. The molecule has 0 aliphatic heterocycles. The van der Waals surface area contributed by atoms with Crippen LogP contribution in [0.15, 0.2) is 0 Å². The molecule has 1 aliphatic rings. The third-order valence-electron chi connectivity index (χ3n) is 2.39. The van der Waals surface area contributed by atoms with Crippen molar-refractivity contribution in [2.24, 2.45) is 5.92 Å². The summed E-state index contributed by atoms with van der Waals surface area (Å²) in [6, 6.07) is 0. The van der Waals surface area contributed by atoms with E-state index in [1.54, 1.807) is 0 Å². The van der Waals surface area contributed by atoms with Crippen molar-refractivity contribution in [3.05, 3.63) is 0 Å². The van der Waals surface area contributed by atoms with Crippen molar-refractivity contribution in [3.63, 3.8) is 0 Å². The monoisotopic (exact) mass is 162 g/mol. The Morgan fingerprint density at radius 1 is 1.50 bits per heavy atom. The van der Waals surface area contributed by atoms with Crippen LogP contribution in [-0.2, 0) is 0 Å². The first-order valence-corrected chi connectivity index (χ1v) is 4.57. The maximum absolute atomic E-state index is 13.0. The third kappa shape index (κ3) is 1.88. The van der Waals surface area contributed by atoms with Gasteiger partial charge in [0.2, 0.25) is 0 Å². The van der Waals surface area contributed by atoms with Crippen molar-refractivity contribution < 1.29 is 4.39 Å². The van der Waals surface area contributed by atoms with E-state index in [4.69, 9.17) is 0 Å². The normalized spacial score (nSPS) is 41.7. The van der Waals surface area contributed by atoms with Gasteiger partial charge in [-0.25, -0.2) is 4.39 Å². The quantitative estimate of drug-likeness (QED) is 0.563. The maximum atomic E-state index is 13.0. The van der Waals surface area contributed by atoms with E-state index in [1.165, 1.54) is 0 Å². The zero-order chi connectivity index (χ0) is 7.56. The molecule has 60 valence electrons. The van der Waals surface area contributed by atoms with E-state index >= 15 is 0 Å². The van der Waals surface area contributed by atoms with E-state index in [9.17, 15) is 4.39 Å². The van der Waals surface area contributed by atoms with Crippen molar-refractivity contribution in [2.45, 2.75) is 44.0 Å². The van der Waals surface area contributed by atoms with Crippen LogP contribution in [0.2, 0.25) is 0 Å². The van der Waals surface area contributed by atoms with Crippen LogP contribution in [0.5, 0.6) is 0 Å². The van der Waals surface area contributed by atoms with E-state index in [1.807, 2.05) is 0 Å². The smallest absolute Gasteiger partial charge is 0.103 e. The Bertz CT molecular complexity index is 105. The molecular weight excluding hydrogens is 147 g/mol. The SMILES string of the molecule is CCC1CC(S)CCC1F. The minimum Gasteiger partial charge on any atom is -0.247 e. The van der Waals surface area contributed by atoms with Gasteiger partial charge in [0, 0.05) is 5.25 Å². The van der Waals surface area contributed by atoms with Gasteiger partial charge in [-0.3, -0.25) is 0 Å². The predicted octanol–water partition coefficient (Wildman–Crippen LogP) is 2.83. The highest BCUT2D eigenvalue weighted by Crippen LogP contribution is 2.31. The Balaban J connectivity index is 2.38. The first-order chi connectivity index (χ1) is 4.74. The Morgan fingerprint density at radius 2 is 2.20 bits per heavy atom. The molecule has 3 unspecified atom stereocenters. The molecule has 1 aliphatic carbocycles. The van der Waals surface area contributed by atoms with E-state index in [2.05, 4.69) is 19.6 Å². The van der Waals surface area contributed by atoms with Crippen molar-refractivity contribution in [3.8, 4) is 0 Å². The van der Waals surface area contributed by atoms with Crippen LogP contribution in [0.3, 0.4) is 0 Å². The lowest BCUT2D eigenvalue weighted by atomic mass is 9.85.